The van der Waals surface area contributed by atoms with Crippen LogP contribution in [0.1, 0.15) is 36.8 Å². The summed E-state index contributed by atoms with van der Waals surface area (Å²) in [6.07, 6.45) is 6.40. The lowest BCUT2D eigenvalue weighted by Gasteiger charge is -2.34. The molecule has 7 heteroatoms. The molecule has 1 aliphatic heterocycles. The van der Waals surface area contributed by atoms with E-state index in [1.165, 1.54) is 0 Å². The summed E-state index contributed by atoms with van der Waals surface area (Å²) in [5.74, 6) is 0.459. The zero-order valence-corrected chi connectivity index (χ0v) is 19.9. The molecule has 7 nitrogen and oxygen atoms in total. The highest BCUT2D eigenvalue weighted by Gasteiger charge is 2.29. The predicted octanol–water partition coefficient (Wildman–Crippen LogP) is 4.82. The Kier molecular flexibility index (Phi) is 5.73. The van der Waals surface area contributed by atoms with E-state index in [2.05, 4.69) is 28.9 Å². The normalized spacial score (nSPS) is 15.6. The van der Waals surface area contributed by atoms with Crippen molar-refractivity contribution in [1.82, 2.24) is 14.7 Å². The summed E-state index contributed by atoms with van der Waals surface area (Å²) in [5, 5.41) is 4.12. The van der Waals surface area contributed by atoms with Gasteiger partial charge in [0.15, 0.2) is 0 Å². The number of aryl methyl sites for hydroxylation is 2. The number of pyridine rings is 1. The van der Waals surface area contributed by atoms with Gasteiger partial charge >= 0.3 is 0 Å². The lowest BCUT2D eigenvalue weighted by molar-refractivity contribution is -0.117. The number of benzene rings is 1. The first-order chi connectivity index (χ1) is 16.3. The third-order valence-electron chi connectivity index (χ3n) is 6.93. The highest BCUT2D eigenvalue weighted by atomic mass is 16.5. The molecule has 0 aliphatic carbocycles. The third kappa shape index (κ3) is 4.23. The van der Waals surface area contributed by atoms with E-state index in [-0.39, 0.29) is 17.7 Å². The molecule has 3 aromatic heterocycles. The summed E-state index contributed by atoms with van der Waals surface area (Å²) in [4.78, 5) is 16.2. The predicted molar refractivity (Wildman–Crippen MR) is 131 cm³/mol. The van der Waals surface area contributed by atoms with Gasteiger partial charge in [0.1, 0.15) is 5.76 Å². The molecule has 0 spiro atoms. The zero-order chi connectivity index (χ0) is 23.9. The highest BCUT2D eigenvalue weighted by molar-refractivity contribution is 5.95. The van der Waals surface area contributed by atoms with E-state index >= 15 is 0 Å². The molecule has 176 valence electrons. The van der Waals surface area contributed by atoms with Gasteiger partial charge in [-0.1, -0.05) is 36.3 Å². The molecule has 1 saturated heterocycles. The number of primary amides is 1. The molecule has 1 fully saturated rings. The van der Waals surface area contributed by atoms with Gasteiger partial charge in [-0.3, -0.25) is 9.78 Å². The number of hydrogen-bond donors (Lipinski definition) is 1. The summed E-state index contributed by atoms with van der Waals surface area (Å²) in [6, 6.07) is 10.2. The molecule has 1 aliphatic rings. The van der Waals surface area contributed by atoms with Crippen molar-refractivity contribution in [3.05, 3.63) is 59.7 Å². The van der Waals surface area contributed by atoms with Gasteiger partial charge in [-0.15, -0.1) is 0 Å². The summed E-state index contributed by atoms with van der Waals surface area (Å²) < 4.78 is 13.4. The molecular weight excluding hydrogens is 428 g/mol. The second-order valence-corrected chi connectivity index (χ2v) is 9.72. The van der Waals surface area contributed by atoms with Gasteiger partial charge in [-0.05, 0) is 49.3 Å². The Morgan fingerprint density at radius 3 is 2.53 bits per heavy atom. The van der Waals surface area contributed by atoms with E-state index in [1.54, 1.807) is 0 Å². The number of nitrogens with zero attached hydrogens (tertiary/aromatic N) is 3. The average Bonchev–Trinajstić information content (AvgIpc) is 3.33. The van der Waals surface area contributed by atoms with Crippen LogP contribution in [0.15, 0.2) is 47.2 Å². The number of rotatable bonds is 6. The first-order valence-corrected chi connectivity index (χ1v) is 11.7. The summed E-state index contributed by atoms with van der Waals surface area (Å²) >= 11 is 0. The van der Waals surface area contributed by atoms with Crippen molar-refractivity contribution in [2.75, 3.05) is 13.2 Å². The fourth-order valence-corrected chi connectivity index (χ4v) is 4.98. The Balaban J connectivity index is 1.62. The van der Waals surface area contributed by atoms with Crippen LogP contribution in [0.25, 0.3) is 33.3 Å². The van der Waals surface area contributed by atoms with E-state index in [4.69, 9.17) is 20.0 Å². The van der Waals surface area contributed by atoms with Gasteiger partial charge in [0.25, 0.3) is 0 Å². The SMILES string of the molecule is Cc1noc(C)c1-c1cnc2c(-c3ccc(CC(N)=O)cc3)cn(CC3(C)CCOCC3)c2c1. The largest absolute Gasteiger partial charge is 0.381 e. The molecule has 0 atom stereocenters. The van der Waals surface area contributed by atoms with Crippen LogP contribution in [-0.2, 0) is 22.5 Å². The highest BCUT2D eigenvalue weighted by Crippen LogP contribution is 2.38. The summed E-state index contributed by atoms with van der Waals surface area (Å²) in [6.45, 7) is 8.71. The Morgan fingerprint density at radius 2 is 1.88 bits per heavy atom. The molecule has 0 unspecified atom stereocenters. The monoisotopic (exact) mass is 458 g/mol. The summed E-state index contributed by atoms with van der Waals surface area (Å²) in [5.41, 5.74) is 13.5. The molecule has 1 aromatic carbocycles. The van der Waals surface area contributed by atoms with Crippen LogP contribution in [0, 0.1) is 19.3 Å². The van der Waals surface area contributed by atoms with E-state index < -0.39 is 0 Å². The number of ether oxygens (including phenoxy) is 1. The first kappa shape index (κ1) is 22.3. The second-order valence-electron chi connectivity index (χ2n) is 9.72. The molecule has 4 aromatic rings. The smallest absolute Gasteiger partial charge is 0.221 e. The van der Waals surface area contributed by atoms with Gasteiger partial charge in [0.2, 0.25) is 5.91 Å². The minimum atomic E-state index is -0.331. The van der Waals surface area contributed by atoms with E-state index in [1.807, 2.05) is 44.3 Å². The molecule has 0 saturated carbocycles. The third-order valence-corrected chi connectivity index (χ3v) is 6.93. The van der Waals surface area contributed by atoms with Crippen molar-refractivity contribution in [3.8, 4) is 22.3 Å². The minimum Gasteiger partial charge on any atom is -0.381 e. The van der Waals surface area contributed by atoms with Crippen molar-refractivity contribution in [3.63, 3.8) is 0 Å². The van der Waals surface area contributed by atoms with Crippen LogP contribution >= 0.6 is 0 Å². The van der Waals surface area contributed by atoms with Gasteiger partial charge in [-0.2, -0.15) is 0 Å². The topological polar surface area (TPSA) is 96.2 Å². The molecule has 1 amide bonds. The van der Waals surface area contributed by atoms with E-state index in [9.17, 15) is 4.79 Å². The molecule has 2 N–H and O–H groups in total. The van der Waals surface area contributed by atoms with Crippen LogP contribution in [0.3, 0.4) is 0 Å². The molecule has 0 bridgehead atoms. The van der Waals surface area contributed by atoms with Crippen molar-refractivity contribution in [2.45, 2.75) is 46.6 Å². The van der Waals surface area contributed by atoms with Crippen LogP contribution in [0.4, 0.5) is 0 Å². The molecule has 0 radical (unpaired) electrons. The number of amides is 1. The van der Waals surface area contributed by atoms with Gasteiger partial charge in [0.05, 0.1) is 23.1 Å². The minimum absolute atomic E-state index is 0.159. The van der Waals surface area contributed by atoms with Crippen molar-refractivity contribution < 1.29 is 14.1 Å². The van der Waals surface area contributed by atoms with Gasteiger partial charge in [-0.25, -0.2) is 0 Å². The Morgan fingerprint density at radius 1 is 1.15 bits per heavy atom. The van der Waals surface area contributed by atoms with Crippen molar-refractivity contribution in [2.24, 2.45) is 11.1 Å². The number of hydrogen-bond acceptors (Lipinski definition) is 5. The van der Waals surface area contributed by atoms with Gasteiger partial charge in [0, 0.05) is 48.8 Å². The van der Waals surface area contributed by atoms with Crippen LogP contribution in [0.5, 0.6) is 0 Å². The molecular formula is C27H30N4O3. The second kappa shape index (κ2) is 8.72. The number of nitrogens with two attached hydrogens (primary N) is 1. The Bertz CT molecular complexity index is 1320. The van der Waals surface area contributed by atoms with E-state index in [0.717, 1.165) is 82.9 Å². The Labute approximate surface area is 198 Å². The maximum absolute atomic E-state index is 11.3. The number of carbonyl (C=O) groups is 1. The fraction of sp³-hybridized carbons (Fsp3) is 0.370. The maximum atomic E-state index is 11.3. The fourth-order valence-electron chi connectivity index (χ4n) is 4.98. The molecule has 34 heavy (non-hydrogen) atoms. The van der Waals surface area contributed by atoms with E-state index in [0.29, 0.717) is 0 Å². The van der Waals surface area contributed by atoms with Crippen molar-refractivity contribution >= 4 is 16.9 Å². The van der Waals surface area contributed by atoms with Crippen LogP contribution < -0.4 is 5.73 Å². The Hall–Kier alpha value is -3.45. The number of fused-ring (bicyclic) bond motifs is 1. The van der Waals surface area contributed by atoms with Crippen LogP contribution in [-0.4, -0.2) is 33.8 Å². The lowest BCUT2D eigenvalue weighted by Crippen LogP contribution is -2.30. The average molecular weight is 459 g/mol. The first-order valence-electron chi connectivity index (χ1n) is 11.7. The number of carbonyl (C=O) groups excluding carboxylic acids is 1. The number of aromatic nitrogens is 3. The van der Waals surface area contributed by atoms with Gasteiger partial charge < -0.3 is 19.6 Å². The maximum Gasteiger partial charge on any atom is 0.221 e. The summed E-state index contributed by atoms with van der Waals surface area (Å²) in [7, 11) is 0. The quantitative estimate of drug-likeness (QED) is 0.447. The lowest BCUT2D eigenvalue weighted by atomic mass is 9.82. The molecule has 4 heterocycles. The standard InChI is InChI=1S/C27H30N4O3/c1-17-25(18(2)34-30-17)21-13-23-26(29-14-21)22(20-6-4-19(5-7-20)12-24(28)32)15-31(23)16-27(3)8-10-33-11-9-27/h4-7,13-15H,8-12,16H2,1-3H3,(H2,28,32). The zero-order valence-electron chi connectivity index (χ0n) is 19.9. The molecule has 5 rings (SSSR count). The van der Waals surface area contributed by atoms with Crippen molar-refractivity contribution in [1.29, 1.82) is 0 Å². The van der Waals surface area contributed by atoms with Crippen LogP contribution in [0.2, 0.25) is 0 Å².